The molecule has 0 saturated heterocycles. The van der Waals surface area contributed by atoms with Crippen LogP contribution in [0.15, 0.2) is 0 Å². The van der Waals surface area contributed by atoms with Crippen LogP contribution >= 0.6 is 0 Å². The summed E-state index contributed by atoms with van der Waals surface area (Å²) in [6.07, 6.45) is 6.95. The molecule has 2 atom stereocenters. The fourth-order valence-corrected chi connectivity index (χ4v) is 3.17. The van der Waals surface area contributed by atoms with E-state index < -0.39 is 10.8 Å². The monoisotopic (exact) mass is 231 g/mol. The van der Waals surface area contributed by atoms with Crippen LogP contribution in [0.5, 0.6) is 0 Å². The van der Waals surface area contributed by atoms with Gasteiger partial charge in [-0.3, -0.25) is 4.21 Å². The van der Waals surface area contributed by atoms with Crippen molar-refractivity contribution in [3.63, 3.8) is 0 Å². The van der Waals surface area contributed by atoms with Gasteiger partial charge in [0.2, 0.25) is 0 Å². The summed E-state index contributed by atoms with van der Waals surface area (Å²) in [5.74, 6) is 0.778. The van der Waals surface area contributed by atoms with Crippen molar-refractivity contribution in [1.29, 1.82) is 0 Å². The van der Waals surface area contributed by atoms with Gasteiger partial charge in [-0.25, -0.2) is 0 Å². The molecule has 1 aliphatic carbocycles. The van der Waals surface area contributed by atoms with Gasteiger partial charge < -0.3 is 5.32 Å². The number of hydrogen-bond donors (Lipinski definition) is 1. The van der Waals surface area contributed by atoms with Crippen LogP contribution in [0.1, 0.15) is 46.5 Å². The van der Waals surface area contributed by atoms with E-state index >= 15 is 0 Å². The van der Waals surface area contributed by atoms with E-state index in [1.54, 1.807) is 6.26 Å². The maximum absolute atomic E-state index is 11.1. The van der Waals surface area contributed by atoms with Crippen molar-refractivity contribution in [3.8, 4) is 0 Å². The minimum atomic E-state index is -0.678. The van der Waals surface area contributed by atoms with E-state index in [1.165, 1.54) is 25.7 Å². The van der Waals surface area contributed by atoms with Crippen LogP contribution < -0.4 is 5.32 Å². The fourth-order valence-electron chi connectivity index (χ4n) is 2.37. The van der Waals surface area contributed by atoms with Crippen molar-refractivity contribution >= 4 is 10.8 Å². The zero-order chi connectivity index (χ0) is 11.5. The largest absolute Gasteiger partial charge is 0.311 e. The first-order chi connectivity index (χ1) is 6.89. The fraction of sp³-hybridized carbons (Fsp3) is 1.00. The lowest BCUT2D eigenvalue weighted by atomic mass is 9.75. The summed E-state index contributed by atoms with van der Waals surface area (Å²) < 4.78 is 11.1. The highest BCUT2D eigenvalue weighted by atomic mass is 32.2. The van der Waals surface area contributed by atoms with Gasteiger partial charge in [-0.1, -0.05) is 13.8 Å². The lowest BCUT2D eigenvalue weighted by molar-refractivity contribution is 0.201. The summed E-state index contributed by atoms with van der Waals surface area (Å²) in [4.78, 5) is 0. The molecule has 0 radical (unpaired) electrons. The van der Waals surface area contributed by atoms with Crippen LogP contribution in [0, 0.1) is 5.41 Å². The minimum absolute atomic E-state index is 0.391. The van der Waals surface area contributed by atoms with Crippen molar-refractivity contribution in [2.24, 2.45) is 5.41 Å². The Kier molecular flexibility index (Phi) is 4.78. The zero-order valence-electron chi connectivity index (χ0n) is 10.5. The topological polar surface area (TPSA) is 29.1 Å². The molecule has 1 aliphatic rings. The Labute approximate surface area is 96.7 Å². The number of rotatable bonds is 4. The van der Waals surface area contributed by atoms with Gasteiger partial charge in [-0.15, -0.1) is 0 Å². The van der Waals surface area contributed by atoms with Crippen LogP contribution in [0.2, 0.25) is 0 Å². The third-order valence-corrected chi connectivity index (χ3v) is 4.31. The highest BCUT2D eigenvalue weighted by molar-refractivity contribution is 7.84. The Morgan fingerprint density at radius 1 is 1.40 bits per heavy atom. The molecule has 0 aromatic carbocycles. The minimum Gasteiger partial charge on any atom is -0.311 e. The number of hydrogen-bond acceptors (Lipinski definition) is 2. The highest BCUT2D eigenvalue weighted by Gasteiger charge is 2.27. The van der Waals surface area contributed by atoms with Crippen LogP contribution in [0.3, 0.4) is 0 Å². The van der Waals surface area contributed by atoms with E-state index in [0.717, 1.165) is 5.75 Å². The molecule has 3 heteroatoms. The Morgan fingerprint density at radius 3 is 2.40 bits per heavy atom. The molecule has 2 unspecified atom stereocenters. The molecule has 0 heterocycles. The van der Waals surface area contributed by atoms with Gasteiger partial charge in [0.15, 0.2) is 0 Å². The predicted molar refractivity (Wildman–Crippen MR) is 67.6 cm³/mol. The second-order valence-electron chi connectivity index (χ2n) is 5.75. The Morgan fingerprint density at radius 2 is 1.93 bits per heavy atom. The van der Waals surface area contributed by atoms with E-state index in [2.05, 4.69) is 26.1 Å². The molecule has 15 heavy (non-hydrogen) atoms. The molecular weight excluding hydrogens is 206 g/mol. The summed E-state index contributed by atoms with van der Waals surface area (Å²) in [5, 5.41) is 3.59. The van der Waals surface area contributed by atoms with Crippen LogP contribution in [-0.2, 0) is 10.8 Å². The van der Waals surface area contributed by atoms with Gasteiger partial charge >= 0.3 is 0 Å². The van der Waals surface area contributed by atoms with Crippen molar-refractivity contribution in [2.45, 2.75) is 58.5 Å². The van der Waals surface area contributed by atoms with E-state index in [-0.39, 0.29) is 0 Å². The molecule has 0 aromatic heterocycles. The van der Waals surface area contributed by atoms with E-state index in [4.69, 9.17) is 0 Å². The molecule has 2 nitrogen and oxygen atoms in total. The van der Waals surface area contributed by atoms with Crippen molar-refractivity contribution in [2.75, 3.05) is 12.0 Å². The van der Waals surface area contributed by atoms with Gasteiger partial charge in [0.05, 0.1) is 0 Å². The Hall–Kier alpha value is 0.110. The van der Waals surface area contributed by atoms with E-state index in [1.807, 2.05) is 0 Å². The average molecular weight is 231 g/mol. The molecule has 0 bridgehead atoms. The standard InChI is InChI=1S/C12H25NOS/c1-10(9-15(4)14)13-11-5-7-12(2,3)8-6-11/h10-11,13H,5-9H2,1-4H3. The summed E-state index contributed by atoms with van der Waals surface area (Å²) in [6, 6.07) is 1.04. The molecular formula is C12H25NOS. The van der Waals surface area contributed by atoms with Gasteiger partial charge in [0.1, 0.15) is 0 Å². The molecule has 0 amide bonds. The summed E-state index contributed by atoms with van der Waals surface area (Å²) in [6.45, 7) is 6.85. The Bertz CT molecular complexity index is 218. The summed E-state index contributed by atoms with van der Waals surface area (Å²) in [5.41, 5.74) is 0.537. The molecule has 1 fully saturated rings. The molecule has 1 N–H and O–H groups in total. The van der Waals surface area contributed by atoms with Gasteiger partial charge in [-0.2, -0.15) is 0 Å². The lowest BCUT2D eigenvalue weighted by Gasteiger charge is -2.35. The molecule has 1 rings (SSSR count). The summed E-state index contributed by atoms with van der Waals surface area (Å²) in [7, 11) is -0.678. The van der Waals surface area contributed by atoms with Crippen molar-refractivity contribution in [3.05, 3.63) is 0 Å². The quantitative estimate of drug-likeness (QED) is 0.804. The first-order valence-corrected chi connectivity index (χ1v) is 7.68. The third-order valence-electron chi connectivity index (χ3n) is 3.34. The zero-order valence-corrected chi connectivity index (χ0v) is 11.3. The smallest absolute Gasteiger partial charge is 0.0383 e. The normalized spacial score (nSPS) is 26.1. The van der Waals surface area contributed by atoms with Gasteiger partial charge in [-0.05, 0) is 38.0 Å². The number of nitrogens with one attached hydrogen (secondary N) is 1. The molecule has 0 spiro atoms. The van der Waals surface area contributed by atoms with Crippen LogP contribution in [-0.4, -0.2) is 28.3 Å². The van der Waals surface area contributed by atoms with E-state index in [0.29, 0.717) is 17.5 Å². The first-order valence-electron chi connectivity index (χ1n) is 5.95. The molecule has 0 aliphatic heterocycles. The summed E-state index contributed by atoms with van der Waals surface area (Å²) >= 11 is 0. The Balaban J connectivity index is 2.26. The predicted octanol–water partition coefficient (Wildman–Crippen LogP) is 2.31. The maximum atomic E-state index is 11.1. The first kappa shape index (κ1) is 13.2. The molecule has 0 aromatic rings. The molecule has 1 saturated carbocycles. The van der Waals surface area contributed by atoms with Gasteiger partial charge in [0, 0.05) is 34.9 Å². The average Bonchev–Trinajstić information content (AvgIpc) is 2.07. The van der Waals surface area contributed by atoms with Crippen LogP contribution in [0.4, 0.5) is 0 Å². The SMILES string of the molecule is CC(CS(C)=O)NC1CCC(C)(C)CC1. The maximum Gasteiger partial charge on any atom is 0.0383 e. The third kappa shape index (κ3) is 5.12. The van der Waals surface area contributed by atoms with Gasteiger partial charge in [0.25, 0.3) is 0 Å². The van der Waals surface area contributed by atoms with Crippen molar-refractivity contribution < 1.29 is 4.21 Å². The van der Waals surface area contributed by atoms with E-state index in [9.17, 15) is 4.21 Å². The highest BCUT2D eigenvalue weighted by Crippen LogP contribution is 2.35. The second kappa shape index (κ2) is 5.44. The van der Waals surface area contributed by atoms with Crippen LogP contribution in [0.25, 0.3) is 0 Å². The van der Waals surface area contributed by atoms with Crippen molar-refractivity contribution in [1.82, 2.24) is 5.32 Å². The molecule has 90 valence electrons. The lowest BCUT2D eigenvalue weighted by Crippen LogP contribution is -2.42. The second-order valence-corrected chi connectivity index (χ2v) is 7.23.